The lowest BCUT2D eigenvalue weighted by atomic mass is 10.1. The Morgan fingerprint density at radius 1 is 1.08 bits per heavy atom. The quantitative estimate of drug-likeness (QED) is 0.244. The van der Waals surface area contributed by atoms with Gasteiger partial charge in [0.15, 0.2) is 5.78 Å². The number of fused-ring (bicyclic) bond motifs is 3. The van der Waals surface area contributed by atoms with E-state index in [1.165, 1.54) is 11.3 Å². The second-order valence-corrected chi connectivity index (χ2v) is 10.6. The first-order valence-corrected chi connectivity index (χ1v) is 13.7. The first-order chi connectivity index (χ1) is 19.1. The maximum Gasteiger partial charge on any atom is 0.333 e. The summed E-state index contributed by atoms with van der Waals surface area (Å²) in [7, 11) is 0. The van der Waals surface area contributed by atoms with Crippen molar-refractivity contribution >= 4 is 40.9 Å². The number of aromatic amines is 1. The van der Waals surface area contributed by atoms with Gasteiger partial charge in [0.05, 0.1) is 59.5 Å². The maximum absolute atomic E-state index is 13.8. The molecule has 0 radical (unpaired) electrons. The van der Waals surface area contributed by atoms with Gasteiger partial charge in [-0.05, 0) is 18.6 Å². The molecule has 2 aliphatic heterocycles. The van der Waals surface area contributed by atoms with E-state index in [9.17, 15) is 14.4 Å². The van der Waals surface area contributed by atoms with Crippen LogP contribution in [0.2, 0.25) is 0 Å². The van der Waals surface area contributed by atoms with Crippen molar-refractivity contribution in [1.29, 1.82) is 0 Å². The third-order valence-corrected chi connectivity index (χ3v) is 8.27. The highest BCUT2D eigenvalue weighted by atomic mass is 32.1. The molecule has 2 fully saturated rings. The van der Waals surface area contributed by atoms with Crippen LogP contribution in [0, 0.1) is 0 Å². The SMILES string of the molecule is O=CNc1cc(CCN2CCOCC2)sc1-c1n[nH]c2c1C(=O)c1c(NC(=O)NN3CCOCC3)cccc1-2. The first-order valence-electron chi connectivity index (χ1n) is 12.9. The van der Waals surface area contributed by atoms with Gasteiger partial charge in [-0.2, -0.15) is 5.10 Å². The molecule has 0 unspecified atom stereocenters. The highest BCUT2D eigenvalue weighted by molar-refractivity contribution is 7.16. The number of hydrogen-bond acceptors (Lipinski definition) is 9. The van der Waals surface area contributed by atoms with Crippen molar-refractivity contribution in [2.24, 2.45) is 0 Å². The summed E-state index contributed by atoms with van der Waals surface area (Å²) in [6.45, 7) is 6.43. The van der Waals surface area contributed by atoms with E-state index in [1.807, 2.05) is 12.1 Å². The van der Waals surface area contributed by atoms with E-state index in [1.54, 1.807) is 17.1 Å². The van der Waals surface area contributed by atoms with Crippen molar-refractivity contribution in [3.63, 3.8) is 0 Å². The Morgan fingerprint density at radius 3 is 2.62 bits per heavy atom. The number of ether oxygens (including phenoxy) is 2. The van der Waals surface area contributed by atoms with E-state index in [2.05, 4.69) is 31.2 Å². The molecule has 6 rings (SSSR count). The van der Waals surface area contributed by atoms with Crippen LogP contribution in [-0.4, -0.2) is 97.5 Å². The number of thiophene rings is 1. The van der Waals surface area contributed by atoms with Crippen LogP contribution in [-0.2, 0) is 20.7 Å². The maximum atomic E-state index is 13.8. The van der Waals surface area contributed by atoms with Gasteiger partial charge in [0.25, 0.3) is 0 Å². The number of amides is 3. The van der Waals surface area contributed by atoms with Gasteiger partial charge >= 0.3 is 6.03 Å². The summed E-state index contributed by atoms with van der Waals surface area (Å²) in [6.07, 6.45) is 1.45. The van der Waals surface area contributed by atoms with E-state index in [0.29, 0.717) is 72.2 Å². The number of urea groups is 1. The summed E-state index contributed by atoms with van der Waals surface area (Å²) in [5, 5.41) is 14.9. The smallest absolute Gasteiger partial charge is 0.333 e. The Labute approximate surface area is 228 Å². The molecule has 2 aromatic heterocycles. The minimum absolute atomic E-state index is 0.230. The van der Waals surface area contributed by atoms with Crippen LogP contribution in [0.25, 0.3) is 21.8 Å². The Kier molecular flexibility index (Phi) is 7.39. The molecule has 39 heavy (non-hydrogen) atoms. The average molecular weight is 552 g/mol. The summed E-state index contributed by atoms with van der Waals surface area (Å²) in [4.78, 5) is 42.0. The predicted molar refractivity (Wildman–Crippen MR) is 146 cm³/mol. The molecule has 0 atom stereocenters. The Hall–Kier alpha value is -3.62. The first kappa shape index (κ1) is 25.6. The molecule has 2 saturated heterocycles. The third-order valence-electron chi connectivity index (χ3n) is 7.06. The van der Waals surface area contributed by atoms with Gasteiger partial charge in [0, 0.05) is 43.2 Å². The van der Waals surface area contributed by atoms with Crippen LogP contribution in [0.15, 0.2) is 24.3 Å². The largest absolute Gasteiger partial charge is 0.379 e. The zero-order chi connectivity index (χ0) is 26.8. The zero-order valence-electron chi connectivity index (χ0n) is 21.2. The van der Waals surface area contributed by atoms with Crippen LogP contribution in [0.1, 0.15) is 20.8 Å². The number of rotatable bonds is 8. The molecule has 204 valence electrons. The van der Waals surface area contributed by atoms with Crippen LogP contribution in [0.4, 0.5) is 16.2 Å². The fourth-order valence-corrected chi connectivity index (χ4v) is 6.24. The number of carbonyl (C=O) groups is 3. The number of nitrogens with one attached hydrogen (secondary N) is 4. The van der Waals surface area contributed by atoms with Gasteiger partial charge in [-0.25, -0.2) is 9.80 Å². The number of ketones is 1. The number of benzene rings is 1. The molecule has 4 N–H and O–H groups in total. The number of anilines is 2. The number of nitrogens with zero attached hydrogens (tertiary/aromatic N) is 3. The lowest BCUT2D eigenvalue weighted by molar-refractivity contribution is -0.105. The van der Waals surface area contributed by atoms with E-state index in [-0.39, 0.29) is 5.78 Å². The number of morpholine rings is 2. The minimum Gasteiger partial charge on any atom is -0.379 e. The minimum atomic E-state index is -0.423. The van der Waals surface area contributed by atoms with Gasteiger partial charge in [-0.3, -0.25) is 25.0 Å². The second kappa shape index (κ2) is 11.2. The highest BCUT2D eigenvalue weighted by Crippen LogP contribution is 2.46. The molecular formula is C26H29N7O5S. The normalized spacial score (nSPS) is 17.5. The molecular weight excluding hydrogens is 522 g/mol. The zero-order valence-corrected chi connectivity index (χ0v) is 22.1. The van der Waals surface area contributed by atoms with Crippen molar-refractivity contribution in [3.05, 3.63) is 40.3 Å². The fourth-order valence-electron chi connectivity index (χ4n) is 5.13. The van der Waals surface area contributed by atoms with Crippen LogP contribution in [0.3, 0.4) is 0 Å². The number of H-pyrrole nitrogens is 1. The van der Waals surface area contributed by atoms with Gasteiger partial charge < -0.3 is 20.1 Å². The number of hydrogen-bond donors (Lipinski definition) is 4. The molecule has 0 spiro atoms. The van der Waals surface area contributed by atoms with Gasteiger partial charge in [0.1, 0.15) is 5.69 Å². The number of hydrazine groups is 1. The van der Waals surface area contributed by atoms with Crippen molar-refractivity contribution in [2.45, 2.75) is 6.42 Å². The molecule has 3 aromatic rings. The van der Waals surface area contributed by atoms with E-state index in [0.717, 1.165) is 49.0 Å². The van der Waals surface area contributed by atoms with Crippen molar-refractivity contribution < 1.29 is 23.9 Å². The summed E-state index contributed by atoms with van der Waals surface area (Å²) >= 11 is 1.52. The topological polar surface area (TPSA) is 141 Å². The Morgan fingerprint density at radius 2 is 1.85 bits per heavy atom. The summed E-state index contributed by atoms with van der Waals surface area (Å²) in [6, 6.07) is 6.86. The van der Waals surface area contributed by atoms with Crippen molar-refractivity contribution in [3.8, 4) is 21.8 Å². The Bertz CT molecular complexity index is 1390. The monoisotopic (exact) mass is 551 g/mol. The molecule has 0 saturated carbocycles. The Balaban J connectivity index is 1.25. The lowest BCUT2D eigenvalue weighted by Crippen LogP contribution is -2.49. The molecule has 13 heteroatoms. The summed E-state index contributed by atoms with van der Waals surface area (Å²) < 4.78 is 10.8. The molecule has 1 aromatic carbocycles. The number of carbonyl (C=O) groups excluding carboxylic acids is 3. The molecule has 12 nitrogen and oxygen atoms in total. The van der Waals surface area contributed by atoms with E-state index >= 15 is 0 Å². The van der Waals surface area contributed by atoms with Crippen molar-refractivity contribution in [1.82, 2.24) is 25.5 Å². The molecule has 0 bridgehead atoms. The van der Waals surface area contributed by atoms with Gasteiger partial charge in [0.2, 0.25) is 6.41 Å². The average Bonchev–Trinajstić information content (AvgIpc) is 3.64. The van der Waals surface area contributed by atoms with Crippen LogP contribution < -0.4 is 16.1 Å². The number of aromatic nitrogens is 2. The summed E-state index contributed by atoms with van der Waals surface area (Å²) in [5.74, 6) is -0.230. The summed E-state index contributed by atoms with van der Waals surface area (Å²) in [5.41, 5.74) is 6.45. The van der Waals surface area contributed by atoms with Gasteiger partial charge in [-0.1, -0.05) is 12.1 Å². The molecule has 4 heterocycles. The predicted octanol–water partition coefficient (Wildman–Crippen LogP) is 2.16. The van der Waals surface area contributed by atoms with Crippen molar-refractivity contribution in [2.75, 3.05) is 69.8 Å². The van der Waals surface area contributed by atoms with Crippen LogP contribution in [0.5, 0.6) is 0 Å². The highest BCUT2D eigenvalue weighted by Gasteiger charge is 2.36. The van der Waals surface area contributed by atoms with E-state index in [4.69, 9.17) is 9.47 Å². The standard InChI is InChI=1S/C26H29N7O5S/c34-15-27-19-14-16(4-5-32-6-10-37-11-7-32)39-25(19)23-21-22(29-30-23)17-2-1-3-18(20(17)24(21)35)28-26(36)31-33-8-12-38-13-9-33/h1-3,14-15H,4-13H2,(H,27,34)(H,29,30)(H2,28,31,36). The third kappa shape index (κ3) is 5.18. The fraction of sp³-hybridized carbons (Fsp3) is 0.385. The lowest BCUT2D eigenvalue weighted by Gasteiger charge is -2.27. The van der Waals surface area contributed by atoms with Gasteiger partial charge in [-0.15, -0.1) is 11.3 Å². The van der Waals surface area contributed by atoms with E-state index < -0.39 is 6.03 Å². The molecule has 3 aliphatic rings. The molecule has 1 aliphatic carbocycles. The molecule has 3 amide bonds. The second-order valence-electron chi connectivity index (χ2n) is 9.47. The van der Waals surface area contributed by atoms with Crippen LogP contribution >= 0.6 is 11.3 Å².